The van der Waals surface area contributed by atoms with E-state index in [1.165, 1.54) is 12.1 Å². The zero-order chi connectivity index (χ0) is 10.1. The van der Waals surface area contributed by atoms with E-state index in [2.05, 4.69) is 5.32 Å². The Kier molecular flexibility index (Phi) is 2.21. The van der Waals surface area contributed by atoms with Crippen molar-refractivity contribution < 1.29 is 9.18 Å². The fraction of sp³-hybridized carbons (Fsp3) is 0.300. The highest BCUT2D eigenvalue weighted by Crippen LogP contribution is 2.22. The summed E-state index contributed by atoms with van der Waals surface area (Å²) >= 11 is 0. The van der Waals surface area contributed by atoms with Crippen molar-refractivity contribution in [2.24, 2.45) is 5.73 Å². The number of carbonyl (C=O) groups excluding carboxylic acids is 1. The van der Waals surface area contributed by atoms with Crippen LogP contribution in [0.2, 0.25) is 0 Å². The zero-order valence-electron chi connectivity index (χ0n) is 7.59. The molecule has 3 nitrogen and oxygen atoms in total. The summed E-state index contributed by atoms with van der Waals surface area (Å²) in [5, 5.41) is 2.67. The number of benzene rings is 1. The lowest BCUT2D eigenvalue weighted by atomic mass is 10.1. The second-order valence-electron chi connectivity index (χ2n) is 3.44. The molecule has 1 aromatic rings. The molecule has 1 aliphatic rings. The van der Waals surface area contributed by atoms with Crippen LogP contribution in [0.3, 0.4) is 0 Å². The molecule has 0 aromatic heterocycles. The largest absolute Gasteiger partial charge is 0.324 e. The summed E-state index contributed by atoms with van der Waals surface area (Å²) in [6, 6.07) is 3.84. The average molecular weight is 194 g/mol. The van der Waals surface area contributed by atoms with Gasteiger partial charge in [-0.3, -0.25) is 4.79 Å². The van der Waals surface area contributed by atoms with Gasteiger partial charge in [-0.2, -0.15) is 0 Å². The first kappa shape index (κ1) is 9.15. The number of amides is 1. The molecule has 1 heterocycles. The van der Waals surface area contributed by atoms with Crippen LogP contribution in [-0.4, -0.2) is 11.9 Å². The molecule has 0 bridgehead atoms. The molecule has 2 rings (SSSR count). The molecule has 14 heavy (non-hydrogen) atoms. The van der Waals surface area contributed by atoms with Crippen molar-refractivity contribution in [2.45, 2.75) is 18.9 Å². The first-order valence-electron chi connectivity index (χ1n) is 4.51. The van der Waals surface area contributed by atoms with Crippen LogP contribution in [0.4, 0.5) is 10.1 Å². The van der Waals surface area contributed by atoms with Crippen molar-refractivity contribution in [3.05, 3.63) is 29.6 Å². The van der Waals surface area contributed by atoms with Gasteiger partial charge >= 0.3 is 0 Å². The van der Waals surface area contributed by atoms with Crippen LogP contribution in [0.25, 0.3) is 0 Å². The molecule has 1 aliphatic heterocycles. The number of anilines is 1. The van der Waals surface area contributed by atoms with Gasteiger partial charge in [-0.25, -0.2) is 4.39 Å². The van der Waals surface area contributed by atoms with Crippen molar-refractivity contribution in [1.29, 1.82) is 0 Å². The summed E-state index contributed by atoms with van der Waals surface area (Å²) in [5.74, 6) is -0.483. The van der Waals surface area contributed by atoms with E-state index in [1.807, 2.05) is 0 Å². The molecule has 1 amide bonds. The van der Waals surface area contributed by atoms with Crippen LogP contribution in [0.15, 0.2) is 18.2 Å². The van der Waals surface area contributed by atoms with Crippen LogP contribution in [0, 0.1) is 5.82 Å². The van der Waals surface area contributed by atoms with E-state index >= 15 is 0 Å². The topological polar surface area (TPSA) is 55.1 Å². The van der Waals surface area contributed by atoms with Gasteiger partial charge in [-0.15, -0.1) is 0 Å². The molecule has 0 radical (unpaired) electrons. The zero-order valence-corrected chi connectivity index (χ0v) is 7.59. The molecular weight excluding hydrogens is 183 g/mol. The van der Waals surface area contributed by atoms with E-state index < -0.39 is 6.04 Å². The number of carbonyl (C=O) groups is 1. The monoisotopic (exact) mass is 194 g/mol. The molecule has 0 saturated heterocycles. The quantitative estimate of drug-likeness (QED) is 0.648. The van der Waals surface area contributed by atoms with Gasteiger partial charge in [0.15, 0.2) is 0 Å². The third kappa shape index (κ3) is 1.61. The standard InChI is InChI=1S/C10H11FN2O/c11-7-2-4-9-6(5-7)1-3-8(12)10(14)13-9/h2,4-5,8H,1,3,12H2,(H,13,14)/t8-/m0/s1. The number of nitrogens with two attached hydrogens (primary N) is 1. The lowest BCUT2D eigenvalue weighted by Crippen LogP contribution is -2.34. The molecule has 0 fully saturated rings. The van der Waals surface area contributed by atoms with Gasteiger partial charge < -0.3 is 11.1 Å². The van der Waals surface area contributed by atoms with Crippen molar-refractivity contribution in [2.75, 3.05) is 5.32 Å². The van der Waals surface area contributed by atoms with Gasteiger partial charge in [0.05, 0.1) is 6.04 Å². The molecule has 74 valence electrons. The highest BCUT2D eigenvalue weighted by Gasteiger charge is 2.19. The normalized spacial score (nSPS) is 21.0. The van der Waals surface area contributed by atoms with Gasteiger partial charge in [0.25, 0.3) is 0 Å². The maximum absolute atomic E-state index is 12.9. The van der Waals surface area contributed by atoms with Crippen molar-refractivity contribution in [3.63, 3.8) is 0 Å². The molecule has 4 heteroatoms. The molecule has 1 atom stereocenters. The minimum Gasteiger partial charge on any atom is -0.324 e. The van der Waals surface area contributed by atoms with Gasteiger partial charge in [0.2, 0.25) is 5.91 Å². The van der Waals surface area contributed by atoms with Gasteiger partial charge in [-0.1, -0.05) is 0 Å². The Morgan fingerprint density at radius 3 is 3.07 bits per heavy atom. The fourth-order valence-corrected chi connectivity index (χ4v) is 1.56. The summed E-state index contributed by atoms with van der Waals surface area (Å²) in [5.41, 5.74) is 7.07. The minimum atomic E-state index is -0.495. The number of hydrogen-bond donors (Lipinski definition) is 2. The average Bonchev–Trinajstić information content (AvgIpc) is 2.29. The second-order valence-corrected chi connectivity index (χ2v) is 3.44. The Balaban J connectivity index is 2.37. The van der Waals surface area contributed by atoms with E-state index in [-0.39, 0.29) is 11.7 Å². The Morgan fingerprint density at radius 2 is 2.29 bits per heavy atom. The lowest BCUT2D eigenvalue weighted by molar-refractivity contribution is -0.117. The van der Waals surface area contributed by atoms with Crippen molar-refractivity contribution >= 4 is 11.6 Å². The van der Waals surface area contributed by atoms with Crippen LogP contribution in [0.1, 0.15) is 12.0 Å². The maximum Gasteiger partial charge on any atom is 0.241 e. The predicted octanol–water partition coefficient (Wildman–Crippen LogP) is 1.04. The molecule has 3 N–H and O–H groups in total. The third-order valence-electron chi connectivity index (χ3n) is 2.39. The summed E-state index contributed by atoms with van der Waals surface area (Å²) < 4.78 is 12.9. The Labute approximate surface area is 81.1 Å². The van der Waals surface area contributed by atoms with E-state index in [1.54, 1.807) is 6.07 Å². The Morgan fingerprint density at radius 1 is 1.50 bits per heavy atom. The summed E-state index contributed by atoms with van der Waals surface area (Å²) in [4.78, 5) is 11.3. The number of aryl methyl sites for hydroxylation is 1. The van der Waals surface area contributed by atoms with Gasteiger partial charge in [0.1, 0.15) is 5.82 Å². The molecular formula is C10H11FN2O. The number of halogens is 1. The number of rotatable bonds is 0. The Bertz CT molecular complexity index is 378. The first-order chi connectivity index (χ1) is 6.66. The number of fused-ring (bicyclic) bond motifs is 1. The van der Waals surface area contributed by atoms with E-state index in [9.17, 15) is 9.18 Å². The maximum atomic E-state index is 12.9. The van der Waals surface area contributed by atoms with Crippen LogP contribution in [0.5, 0.6) is 0 Å². The lowest BCUT2D eigenvalue weighted by Gasteiger charge is -2.06. The van der Waals surface area contributed by atoms with Gasteiger partial charge in [-0.05, 0) is 36.6 Å². The number of hydrogen-bond acceptors (Lipinski definition) is 2. The smallest absolute Gasteiger partial charge is 0.241 e. The highest BCUT2D eigenvalue weighted by molar-refractivity contribution is 5.96. The van der Waals surface area contributed by atoms with Crippen LogP contribution in [-0.2, 0) is 11.2 Å². The first-order valence-corrected chi connectivity index (χ1v) is 4.51. The molecule has 0 spiro atoms. The van der Waals surface area contributed by atoms with E-state index in [0.29, 0.717) is 18.5 Å². The summed E-state index contributed by atoms with van der Waals surface area (Å²) in [6.07, 6.45) is 1.19. The third-order valence-corrected chi connectivity index (χ3v) is 2.39. The number of nitrogens with one attached hydrogen (secondary N) is 1. The minimum absolute atomic E-state index is 0.199. The predicted molar refractivity (Wildman–Crippen MR) is 51.3 cm³/mol. The van der Waals surface area contributed by atoms with E-state index in [0.717, 1.165) is 5.56 Å². The Hall–Kier alpha value is -1.42. The highest BCUT2D eigenvalue weighted by atomic mass is 19.1. The van der Waals surface area contributed by atoms with Crippen molar-refractivity contribution in [3.8, 4) is 0 Å². The SMILES string of the molecule is N[C@H]1CCc2cc(F)ccc2NC1=O. The molecule has 0 aliphatic carbocycles. The summed E-state index contributed by atoms with van der Waals surface area (Å²) in [7, 11) is 0. The molecule has 0 saturated carbocycles. The van der Waals surface area contributed by atoms with Crippen molar-refractivity contribution in [1.82, 2.24) is 0 Å². The van der Waals surface area contributed by atoms with E-state index in [4.69, 9.17) is 5.73 Å². The molecule has 1 aromatic carbocycles. The molecule has 0 unspecified atom stereocenters. The van der Waals surface area contributed by atoms with Crippen LogP contribution < -0.4 is 11.1 Å². The fourth-order valence-electron chi connectivity index (χ4n) is 1.56. The van der Waals surface area contributed by atoms with Gasteiger partial charge in [0, 0.05) is 5.69 Å². The second kappa shape index (κ2) is 3.38. The van der Waals surface area contributed by atoms with Crippen LogP contribution >= 0.6 is 0 Å². The summed E-state index contributed by atoms with van der Waals surface area (Å²) in [6.45, 7) is 0.